The van der Waals surface area contributed by atoms with Crippen LogP contribution in [0.15, 0.2) is 36.4 Å². The maximum atomic E-state index is 12.8. The molecule has 2 aromatic carbocycles. The molecule has 0 saturated carbocycles. The zero-order valence-electron chi connectivity index (χ0n) is 12.0. The fraction of sp³-hybridized carbons (Fsp3) is 0.125. The Hall–Kier alpha value is -2.54. The molecule has 0 aliphatic carbocycles. The number of fused-ring (bicyclic) bond motifs is 1. The van der Waals surface area contributed by atoms with E-state index >= 15 is 0 Å². The maximum absolute atomic E-state index is 12.8. The van der Waals surface area contributed by atoms with Crippen LogP contribution in [0.5, 0.6) is 0 Å². The van der Waals surface area contributed by atoms with Gasteiger partial charge in [0.1, 0.15) is 0 Å². The molecule has 4 nitrogen and oxygen atoms in total. The fourth-order valence-corrected chi connectivity index (χ4v) is 2.55. The summed E-state index contributed by atoms with van der Waals surface area (Å²) in [6.45, 7) is 0.0388. The number of amides is 2. The zero-order valence-corrected chi connectivity index (χ0v) is 12.8. The molecule has 2 amide bonds. The summed E-state index contributed by atoms with van der Waals surface area (Å²) in [5.41, 5.74) is 0.463. The molecule has 1 aliphatic heterocycles. The number of halogens is 4. The van der Waals surface area contributed by atoms with E-state index in [1.165, 1.54) is 18.2 Å². The van der Waals surface area contributed by atoms with Crippen LogP contribution < -0.4 is 10.6 Å². The molecule has 0 unspecified atom stereocenters. The molecule has 0 bridgehead atoms. The summed E-state index contributed by atoms with van der Waals surface area (Å²) < 4.78 is 38.3. The normalized spacial score (nSPS) is 13.7. The van der Waals surface area contributed by atoms with Gasteiger partial charge in [-0.3, -0.25) is 14.9 Å². The summed E-state index contributed by atoms with van der Waals surface area (Å²) in [4.78, 5) is 23.1. The van der Waals surface area contributed by atoms with Crippen molar-refractivity contribution in [3.63, 3.8) is 0 Å². The summed E-state index contributed by atoms with van der Waals surface area (Å²) in [7, 11) is 0. The van der Waals surface area contributed by atoms with E-state index in [0.29, 0.717) is 5.69 Å². The van der Waals surface area contributed by atoms with Gasteiger partial charge in [-0.2, -0.15) is 13.2 Å². The van der Waals surface area contributed by atoms with Gasteiger partial charge in [-0.25, -0.2) is 0 Å². The Morgan fingerprint density at radius 1 is 1.00 bits per heavy atom. The number of rotatable bonds is 3. The van der Waals surface area contributed by atoms with E-state index in [2.05, 4.69) is 10.6 Å². The Morgan fingerprint density at radius 2 is 1.71 bits per heavy atom. The van der Waals surface area contributed by atoms with Gasteiger partial charge in [0, 0.05) is 17.3 Å². The molecule has 24 heavy (non-hydrogen) atoms. The topological polar surface area (TPSA) is 58.2 Å². The van der Waals surface area contributed by atoms with E-state index < -0.39 is 23.6 Å². The van der Waals surface area contributed by atoms with Crippen molar-refractivity contribution in [3.8, 4) is 0 Å². The zero-order chi connectivity index (χ0) is 17.5. The number of nitrogens with one attached hydrogen (secondary N) is 2. The lowest BCUT2D eigenvalue weighted by Gasteiger charge is -2.12. The highest BCUT2D eigenvalue weighted by molar-refractivity contribution is 6.31. The number of carbonyl (C=O) groups is 2. The van der Waals surface area contributed by atoms with Gasteiger partial charge in [-0.1, -0.05) is 11.6 Å². The van der Waals surface area contributed by atoms with Crippen molar-refractivity contribution in [1.82, 2.24) is 5.32 Å². The van der Waals surface area contributed by atoms with Gasteiger partial charge in [-0.15, -0.1) is 0 Å². The lowest BCUT2D eigenvalue weighted by Crippen LogP contribution is -2.19. The molecule has 0 aromatic heterocycles. The van der Waals surface area contributed by atoms with Crippen LogP contribution in [-0.2, 0) is 12.7 Å². The molecule has 1 heterocycles. The third-order valence-corrected chi connectivity index (χ3v) is 3.96. The van der Waals surface area contributed by atoms with Crippen molar-refractivity contribution in [2.75, 3.05) is 5.32 Å². The van der Waals surface area contributed by atoms with Crippen LogP contribution in [0.3, 0.4) is 0 Å². The maximum Gasteiger partial charge on any atom is 0.416 e. The number of imide groups is 1. The Kier molecular flexibility index (Phi) is 3.96. The van der Waals surface area contributed by atoms with Crippen LogP contribution in [-0.4, -0.2) is 11.8 Å². The molecule has 0 radical (unpaired) electrons. The number of hydrogen-bond acceptors (Lipinski definition) is 3. The second kappa shape index (κ2) is 5.83. The minimum atomic E-state index is -4.45. The number of benzene rings is 2. The molecule has 3 rings (SSSR count). The van der Waals surface area contributed by atoms with E-state index in [-0.39, 0.29) is 28.3 Å². The standard InChI is InChI=1S/C16H10ClF3N2O2/c17-13-4-1-9(16(18,19)20)5-8(13)7-21-10-2-3-11-12(6-10)15(24)22-14(11)23/h1-6,21H,7H2,(H,22,23,24). The van der Waals surface area contributed by atoms with Gasteiger partial charge < -0.3 is 5.32 Å². The summed E-state index contributed by atoms with van der Waals surface area (Å²) >= 11 is 5.93. The van der Waals surface area contributed by atoms with Crippen LogP contribution in [0.2, 0.25) is 5.02 Å². The first-order valence-corrected chi connectivity index (χ1v) is 7.23. The van der Waals surface area contributed by atoms with Gasteiger partial charge in [-0.05, 0) is 42.0 Å². The first-order chi connectivity index (χ1) is 11.3. The van der Waals surface area contributed by atoms with Gasteiger partial charge in [0.25, 0.3) is 11.8 Å². The van der Waals surface area contributed by atoms with E-state index in [1.807, 2.05) is 0 Å². The van der Waals surface area contributed by atoms with E-state index in [4.69, 9.17) is 11.6 Å². The Labute approximate surface area is 139 Å². The SMILES string of the molecule is O=C1NC(=O)c2cc(NCc3cc(C(F)(F)F)ccc3Cl)ccc21. The van der Waals surface area contributed by atoms with Crippen LogP contribution in [0.25, 0.3) is 0 Å². The van der Waals surface area contributed by atoms with E-state index in [9.17, 15) is 22.8 Å². The lowest BCUT2D eigenvalue weighted by atomic mass is 10.1. The first kappa shape index (κ1) is 16.3. The van der Waals surface area contributed by atoms with Crippen LogP contribution in [0.4, 0.5) is 18.9 Å². The van der Waals surface area contributed by atoms with E-state index in [0.717, 1.165) is 12.1 Å². The molecule has 8 heteroatoms. The molecular weight excluding hydrogens is 345 g/mol. The van der Waals surface area contributed by atoms with Crippen molar-refractivity contribution in [1.29, 1.82) is 0 Å². The van der Waals surface area contributed by atoms with Gasteiger partial charge in [0.15, 0.2) is 0 Å². The molecule has 2 N–H and O–H groups in total. The number of carbonyl (C=O) groups excluding carboxylic acids is 2. The van der Waals surface area contributed by atoms with Crippen molar-refractivity contribution in [2.24, 2.45) is 0 Å². The van der Waals surface area contributed by atoms with Crippen LogP contribution in [0, 0.1) is 0 Å². The number of anilines is 1. The molecule has 0 atom stereocenters. The van der Waals surface area contributed by atoms with Crippen molar-refractivity contribution >= 4 is 29.1 Å². The number of hydrogen-bond donors (Lipinski definition) is 2. The van der Waals surface area contributed by atoms with Crippen LogP contribution in [0.1, 0.15) is 31.8 Å². The molecule has 2 aromatic rings. The quantitative estimate of drug-likeness (QED) is 0.823. The minimum absolute atomic E-state index is 0.0388. The minimum Gasteiger partial charge on any atom is -0.381 e. The average Bonchev–Trinajstić information content (AvgIpc) is 2.80. The van der Waals surface area contributed by atoms with E-state index in [1.54, 1.807) is 6.07 Å². The average molecular weight is 355 g/mol. The molecule has 0 spiro atoms. The predicted molar refractivity (Wildman–Crippen MR) is 82.0 cm³/mol. The monoisotopic (exact) mass is 354 g/mol. The summed E-state index contributed by atoms with van der Waals surface area (Å²) in [5.74, 6) is -0.974. The highest BCUT2D eigenvalue weighted by atomic mass is 35.5. The van der Waals surface area contributed by atoms with Crippen molar-refractivity contribution in [3.05, 3.63) is 63.7 Å². The van der Waals surface area contributed by atoms with Crippen molar-refractivity contribution < 1.29 is 22.8 Å². The Morgan fingerprint density at radius 3 is 2.42 bits per heavy atom. The molecular formula is C16H10ClF3N2O2. The Bertz CT molecular complexity index is 850. The summed E-state index contributed by atoms with van der Waals surface area (Å²) in [6.07, 6.45) is -4.45. The molecule has 1 aliphatic rings. The van der Waals surface area contributed by atoms with Crippen molar-refractivity contribution in [2.45, 2.75) is 12.7 Å². The molecule has 0 fully saturated rings. The molecule has 0 saturated heterocycles. The number of alkyl halides is 3. The third kappa shape index (κ3) is 3.07. The second-order valence-corrected chi connectivity index (χ2v) is 5.61. The largest absolute Gasteiger partial charge is 0.416 e. The third-order valence-electron chi connectivity index (χ3n) is 3.59. The summed E-state index contributed by atoms with van der Waals surface area (Å²) in [6, 6.07) is 7.59. The second-order valence-electron chi connectivity index (χ2n) is 5.20. The fourth-order valence-electron chi connectivity index (χ4n) is 2.36. The van der Waals surface area contributed by atoms with Crippen LogP contribution >= 0.6 is 11.6 Å². The smallest absolute Gasteiger partial charge is 0.381 e. The molecule has 124 valence electrons. The lowest BCUT2D eigenvalue weighted by molar-refractivity contribution is -0.137. The van der Waals surface area contributed by atoms with Gasteiger partial charge >= 0.3 is 6.18 Å². The first-order valence-electron chi connectivity index (χ1n) is 6.85. The Balaban J connectivity index is 1.81. The van der Waals surface area contributed by atoms with Gasteiger partial charge in [0.2, 0.25) is 0 Å². The highest BCUT2D eigenvalue weighted by Gasteiger charge is 2.31. The summed E-state index contributed by atoms with van der Waals surface area (Å²) in [5, 5.41) is 5.27. The predicted octanol–water partition coefficient (Wildman–Crippen LogP) is 3.85. The van der Waals surface area contributed by atoms with Gasteiger partial charge in [0.05, 0.1) is 16.7 Å². The highest BCUT2D eigenvalue weighted by Crippen LogP contribution is 2.32.